The molecule has 0 bridgehead atoms. The first-order valence-corrected chi connectivity index (χ1v) is 9.76. The van der Waals surface area contributed by atoms with E-state index in [1.165, 1.54) is 51.4 Å². The van der Waals surface area contributed by atoms with E-state index in [9.17, 15) is 0 Å². The minimum Gasteiger partial charge on any atom is -0.0888 e. The summed E-state index contributed by atoms with van der Waals surface area (Å²) in [5.41, 5.74) is 0.424. The second-order valence-corrected chi connectivity index (χ2v) is 7.69. The van der Waals surface area contributed by atoms with Crippen LogP contribution in [0.3, 0.4) is 0 Å². The van der Waals surface area contributed by atoms with E-state index in [0.717, 1.165) is 18.3 Å². The highest BCUT2D eigenvalue weighted by Crippen LogP contribution is 2.40. The fourth-order valence-electron chi connectivity index (χ4n) is 2.91. The molecule has 0 aliphatic heterocycles. The van der Waals surface area contributed by atoms with Gasteiger partial charge in [0.25, 0.3) is 0 Å². The largest absolute Gasteiger partial charge is 0.0888 e. The van der Waals surface area contributed by atoms with E-state index < -0.39 is 0 Å². The van der Waals surface area contributed by atoms with Gasteiger partial charge in [0, 0.05) is 0 Å². The molecule has 0 amide bonds. The standard InChI is InChI=1S/C22H42/c1-7-9-11-12-13-14-15-17-19-21(18-16-10-8-2)22(5,6)20(3)4/h10,14-16,20-21H,7-9,11-13,17-19H2,1-6H3. The second kappa shape index (κ2) is 13.0. The van der Waals surface area contributed by atoms with E-state index in [1.54, 1.807) is 0 Å². The van der Waals surface area contributed by atoms with Gasteiger partial charge in [0.15, 0.2) is 0 Å². The van der Waals surface area contributed by atoms with Crippen LogP contribution >= 0.6 is 0 Å². The first kappa shape index (κ1) is 21.5. The summed E-state index contributed by atoms with van der Waals surface area (Å²) in [7, 11) is 0. The number of hydrogen-bond acceptors (Lipinski definition) is 0. The normalized spacial score (nSPS) is 14.5. The number of rotatable bonds is 13. The Balaban J connectivity index is 4.24. The van der Waals surface area contributed by atoms with Crippen LogP contribution in [0.2, 0.25) is 0 Å². The summed E-state index contributed by atoms with van der Waals surface area (Å²) >= 11 is 0. The molecule has 1 atom stereocenters. The summed E-state index contributed by atoms with van der Waals surface area (Å²) in [6.45, 7) is 14.2. The molecule has 0 saturated heterocycles. The van der Waals surface area contributed by atoms with Crippen LogP contribution in [0, 0.1) is 17.3 Å². The maximum absolute atomic E-state index is 2.45. The Morgan fingerprint density at radius 2 is 1.50 bits per heavy atom. The molecule has 0 aliphatic rings. The molecule has 0 aromatic carbocycles. The summed E-state index contributed by atoms with van der Waals surface area (Å²) in [6, 6.07) is 0. The average molecular weight is 307 g/mol. The summed E-state index contributed by atoms with van der Waals surface area (Å²) < 4.78 is 0. The quantitative estimate of drug-likeness (QED) is 0.239. The van der Waals surface area contributed by atoms with Gasteiger partial charge in [0.2, 0.25) is 0 Å². The van der Waals surface area contributed by atoms with Crippen LogP contribution in [-0.2, 0) is 0 Å². The molecule has 0 aromatic rings. The topological polar surface area (TPSA) is 0 Å². The van der Waals surface area contributed by atoms with Gasteiger partial charge in [0.1, 0.15) is 0 Å². The molecule has 0 heterocycles. The molecule has 0 radical (unpaired) electrons. The fourth-order valence-corrected chi connectivity index (χ4v) is 2.91. The van der Waals surface area contributed by atoms with E-state index >= 15 is 0 Å². The van der Waals surface area contributed by atoms with Crippen molar-refractivity contribution in [1.29, 1.82) is 0 Å². The van der Waals surface area contributed by atoms with Crippen molar-refractivity contribution in [2.24, 2.45) is 17.3 Å². The summed E-state index contributed by atoms with van der Waals surface area (Å²) in [5.74, 6) is 1.53. The third-order valence-electron chi connectivity index (χ3n) is 5.44. The Morgan fingerprint density at radius 3 is 2.09 bits per heavy atom. The zero-order valence-corrected chi connectivity index (χ0v) is 16.3. The minimum atomic E-state index is 0.424. The third kappa shape index (κ3) is 9.49. The molecule has 130 valence electrons. The van der Waals surface area contributed by atoms with Gasteiger partial charge in [-0.2, -0.15) is 0 Å². The van der Waals surface area contributed by atoms with Gasteiger partial charge < -0.3 is 0 Å². The molecular weight excluding hydrogens is 264 g/mol. The van der Waals surface area contributed by atoms with Crippen molar-refractivity contribution in [1.82, 2.24) is 0 Å². The smallest absolute Gasteiger partial charge is 0.0300 e. The first-order valence-electron chi connectivity index (χ1n) is 9.76. The van der Waals surface area contributed by atoms with Crippen LogP contribution in [0.5, 0.6) is 0 Å². The first-order chi connectivity index (χ1) is 10.5. The molecule has 0 aromatic heterocycles. The van der Waals surface area contributed by atoms with Crippen molar-refractivity contribution in [3.8, 4) is 0 Å². The van der Waals surface area contributed by atoms with E-state index in [4.69, 9.17) is 0 Å². The maximum Gasteiger partial charge on any atom is -0.0300 e. The molecule has 0 rings (SSSR count). The molecule has 22 heavy (non-hydrogen) atoms. The van der Waals surface area contributed by atoms with Crippen LogP contribution in [0.1, 0.15) is 99.3 Å². The monoisotopic (exact) mass is 306 g/mol. The summed E-state index contributed by atoms with van der Waals surface area (Å²) in [5, 5.41) is 0. The molecule has 0 nitrogen and oxygen atoms in total. The highest BCUT2D eigenvalue weighted by Gasteiger charge is 2.30. The van der Waals surface area contributed by atoms with Crippen LogP contribution in [0.25, 0.3) is 0 Å². The van der Waals surface area contributed by atoms with Crippen molar-refractivity contribution in [3.05, 3.63) is 24.3 Å². The molecule has 0 heteroatoms. The minimum absolute atomic E-state index is 0.424. The Morgan fingerprint density at radius 1 is 0.818 bits per heavy atom. The summed E-state index contributed by atoms with van der Waals surface area (Å²) in [4.78, 5) is 0. The average Bonchev–Trinajstić information content (AvgIpc) is 2.47. The van der Waals surface area contributed by atoms with Gasteiger partial charge in [-0.25, -0.2) is 0 Å². The third-order valence-corrected chi connectivity index (χ3v) is 5.44. The molecule has 0 N–H and O–H groups in total. The van der Waals surface area contributed by atoms with Crippen molar-refractivity contribution in [3.63, 3.8) is 0 Å². The van der Waals surface area contributed by atoms with Crippen molar-refractivity contribution < 1.29 is 0 Å². The van der Waals surface area contributed by atoms with Crippen molar-refractivity contribution in [2.45, 2.75) is 99.3 Å². The van der Waals surface area contributed by atoms with Gasteiger partial charge in [-0.1, -0.05) is 85.1 Å². The Labute approximate surface area is 141 Å². The highest BCUT2D eigenvalue weighted by atomic mass is 14.4. The lowest BCUT2D eigenvalue weighted by atomic mass is 9.68. The SMILES string of the molecule is CCC=CCC(CCC=CCCCCCC)C(C)(C)C(C)C. The fraction of sp³-hybridized carbons (Fsp3) is 0.818. The number of unbranched alkanes of at least 4 members (excludes halogenated alkanes) is 4. The Hall–Kier alpha value is -0.520. The summed E-state index contributed by atoms with van der Waals surface area (Å²) in [6.07, 6.45) is 21.3. The highest BCUT2D eigenvalue weighted by molar-refractivity contribution is 4.91. The van der Waals surface area contributed by atoms with Crippen LogP contribution in [0.15, 0.2) is 24.3 Å². The van der Waals surface area contributed by atoms with Gasteiger partial charge in [-0.05, 0) is 55.8 Å². The van der Waals surface area contributed by atoms with Gasteiger partial charge in [0.05, 0.1) is 0 Å². The van der Waals surface area contributed by atoms with E-state index in [0.29, 0.717) is 5.41 Å². The molecule has 0 fully saturated rings. The van der Waals surface area contributed by atoms with Crippen molar-refractivity contribution >= 4 is 0 Å². The van der Waals surface area contributed by atoms with Gasteiger partial charge in [-0.3, -0.25) is 0 Å². The van der Waals surface area contributed by atoms with Gasteiger partial charge >= 0.3 is 0 Å². The zero-order chi connectivity index (χ0) is 16.8. The van der Waals surface area contributed by atoms with Gasteiger partial charge in [-0.15, -0.1) is 0 Å². The maximum atomic E-state index is 2.45. The zero-order valence-electron chi connectivity index (χ0n) is 16.3. The molecule has 0 saturated carbocycles. The predicted molar refractivity (Wildman–Crippen MR) is 103 cm³/mol. The second-order valence-electron chi connectivity index (χ2n) is 7.69. The predicted octanol–water partition coefficient (Wildman–Crippen LogP) is 7.95. The molecular formula is C22H42. The van der Waals surface area contributed by atoms with E-state index in [-0.39, 0.29) is 0 Å². The van der Waals surface area contributed by atoms with Crippen LogP contribution in [-0.4, -0.2) is 0 Å². The Kier molecular flexibility index (Phi) is 12.7. The number of allylic oxidation sites excluding steroid dienone is 4. The van der Waals surface area contributed by atoms with E-state index in [2.05, 4.69) is 65.8 Å². The Bertz CT molecular complexity index is 293. The van der Waals surface area contributed by atoms with Crippen LogP contribution in [0.4, 0.5) is 0 Å². The van der Waals surface area contributed by atoms with E-state index in [1.807, 2.05) is 0 Å². The van der Waals surface area contributed by atoms with Crippen LogP contribution < -0.4 is 0 Å². The number of hydrogen-bond donors (Lipinski definition) is 0. The van der Waals surface area contributed by atoms with Crippen molar-refractivity contribution in [2.75, 3.05) is 0 Å². The molecule has 0 spiro atoms. The lowest BCUT2D eigenvalue weighted by Gasteiger charge is -2.38. The lowest BCUT2D eigenvalue weighted by molar-refractivity contribution is 0.131. The lowest BCUT2D eigenvalue weighted by Crippen LogP contribution is -2.29. The molecule has 0 aliphatic carbocycles. The molecule has 1 unspecified atom stereocenters.